The van der Waals surface area contributed by atoms with Gasteiger partial charge in [0.25, 0.3) is 0 Å². The fourth-order valence-corrected chi connectivity index (χ4v) is 1.27. The smallest absolute Gasteiger partial charge is 0.0659 e. The second kappa shape index (κ2) is 5.22. The molecule has 0 unspecified atom stereocenters. The molecule has 0 saturated carbocycles. The maximum atomic E-state index is 4.23. The van der Waals surface area contributed by atoms with Gasteiger partial charge in [-0.1, -0.05) is 30.9 Å². The molecule has 0 aliphatic carbocycles. The average molecular weight is 188 g/mol. The lowest BCUT2D eigenvalue weighted by molar-refractivity contribution is 0.685. The lowest BCUT2D eigenvalue weighted by Crippen LogP contribution is -1.99. The summed E-state index contributed by atoms with van der Waals surface area (Å²) in [4.78, 5) is 0. The van der Waals surface area contributed by atoms with Gasteiger partial charge in [-0.15, -0.1) is 0 Å². The van der Waals surface area contributed by atoms with E-state index in [1.165, 1.54) is 11.1 Å². The van der Waals surface area contributed by atoms with Gasteiger partial charge in [0.05, 0.1) is 12.7 Å². The van der Waals surface area contributed by atoms with Crippen LogP contribution in [0.4, 0.5) is 0 Å². The van der Waals surface area contributed by atoms with Crippen LogP contribution in [0.1, 0.15) is 12.5 Å². The highest BCUT2D eigenvalue weighted by atomic mass is 15.3. The normalized spacial score (nSPS) is 12.3. The number of aryl methyl sites for hydroxylation is 1. The SMILES string of the molecule is C=C/C=C(\C=C/C)Cn1cc(C)cn1. The maximum Gasteiger partial charge on any atom is 0.0659 e. The predicted octanol–water partition coefficient (Wildman–Crippen LogP) is 2.88. The summed E-state index contributed by atoms with van der Waals surface area (Å²) in [7, 11) is 0. The Hall–Kier alpha value is -1.57. The first-order valence-electron chi connectivity index (χ1n) is 4.69. The van der Waals surface area contributed by atoms with Gasteiger partial charge < -0.3 is 0 Å². The van der Waals surface area contributed by atoms with E-state index in [-0.39, 0.29) is 0 Å². The quantitative estimate of drug-likeness (QED) is 0.664. The third-order valence-corrected chi connectivity index (χ3v) is 1.82. The summed E-state index contributed by atoms with van der Waals surface area (Å²) in [5.41, 5.74) is 2.38. The second-order valence-electron chi connectivity index (χ2n) is 3.19. The highest BCUT2D eigenvalue weighted by molar-refractivity contribution is 5.22. The predicted molar refractivity (Wildman–Crippen MR) is 60.1 cm³/mol. The largest absolute Gasteiger partial charge is 0.268 e. The Morgan fingerprint density at radius 3 is 2.93 bits per heavy atom. The van der Waals surface area contributed by atoms with Crippen molar-refractivity contribution in [2.75, 3.05) is 0 Å². The van der Waals surface area contributed by atoms with Crippen molar-refractivity contribution in [1.82, 2.24) is 9.78 Å². The molecule has 0 spiro atoms. The Kier molecular flexibility index (Phi) is 3.92. The molecule has 0 N–H and O–H groups in total. The van der Waals surface area contributed by atoms with Gasteiger partial charge >= 0.3 is 0 Å². The number of hydrogen-bond acceptors (Lipinski definition) is 1. The van der Waals surface area contributed by atoms with E-state index in [2.05, 4.69) is 17.8 Å². The standard InChI is InChI=1S/C12H16N2/c1-4-6-12(7-5-2)10-14-9-11(3)8-13-14/h4-9H,1,10H2,2-3H3/b7-5-,12-6+. The summed E-state index contributed by atoms with van der Waals surface area (Å²) >= 11 is 0. The lowest BCUT2D eigenvalue weighted by Gasteiger charge is -2.01. The van der Waals surface area contributed by atoms with Crippen LogP contribution in [-0.2, 0) is 6.54 Å². The lowest BCUT2D eigenvalue weighted by atomic mass is 10.2. The fourth-order valence-electron chi connectivity index (χ4n) is 1.27. The molecule has 1 aromatic rings. The molecule has 2 nitrogen and oxygen atoms in total. The van der Waals surface area contributed by atoms with Gasteiger partial charge in [-0.3, -0.25) is 4.68 Å². The van der Waals surface area contributed by atoms with E-state index >= 15 is 0 Å². The molecule has 0 bridgehead atoms. The highest BCUT2D eigenvalue weighted by Crippen LogP contribution is 2.03. The number of nitrogens with zero attached hydrogens (tertiary/aromatic N) is 2. The zero-order valence-corrected chi connectivity index (χ0v) is 8.77. The van der Waals surface area contributed by atoms with Crippen molar-refractivity contribution in [2.24, 2.45) is 0 Å². The third kappa shape index (κ3) is 3.05. The molecule has 0 aromatic carbocycles. The molecule has 0 atom stereocenters. The van der Waals surface area contributed by atoms with Crippen molar-refractivity contribution in [2.45, 2.75) is 20.4 Å². The van der Waals surface area contributed by atoms with Crippen molar-refractivity contribution in [3.05, 3.63) is 54.4 Å². The van der Waals surface area contributed by atoms with Crippen LogP contribution in [-0.4, -0.2) is 9.78 Å². The van der Waals surface area contributed by atoms with Gasteiger partial charge in [-0.25, -0.2) is 0 Å². The van der Waals surface area contributed by atoms with Crippen LogP contribution in [0, 0.1) is 6.92 Å². The summed E-state index contributed by atoms with van der Waals surface area (Å²) in [6.07, 6.45) is 11.8. The van der Waals surface area contributed by atoms with E-state index in [1.807, 2.05) is 43.1 Å². The topological polar surface area (TPSA) is 17.8 Å². The molecule has 0 aliphatic rings. The van der Waals surface area contributed by atoms with Crippen LogP contribution < -0.4 is 0 Å². The monoisotopic (exact) mass is 188 g/mol. The van der Waals surface area contributed by atoms with Crippen LogP contribution in [0.25, 0.3) is 0 Å². The van der Waals surface area contributed by atoms with Crippen LogP contribution in [0.3, 0.4) is 0 Å². The van der Waals surface area contributed by atoms with Crippen LogP contribution >= 0.6 is 0 Å². The highest BCUT2D eigenvalue weighted by Gasteiger charge is 1.95. The van der Waals surface area contributed by atoms with Crippen molar-refractivity contribution < 1.29 is 0 Å². The third-order valence-electron chi connectivity index (χ3n) is 1.82. The van der Waals surface area contributed by atoms with Crippen LogP contribution in [0.5, 0.6) is 0 Å². The van der Waals surface area contributed by atoms with Crippen molar-refractivity contribution in [1.29, 1.82) is 0 Å². The minimum absolute atomic E-state index is 0.796. The fraction of sp³-hybridized carbons (Fsp3) is 0.250. The molecule has 0 radical (unpaired) electrons. The van der Waals surface area contributed by atoms with E-state index in [9.17, 15) is 0 Å². The minimum atomic E-state index is 0.796. The molecule has 0 aliphatic heterocycles. The molecule has 74 valence electrons. The van der Waals surface area contributed by atoms with Gasteiger partial charge in [0.2, 0.25) is 0 Å². The zero-order valence-electron chi connectivity index (χ0n) is 8.77. The summed E-state index contributed by atoms with van der Waals surface area (Å²) < 4.78 is 1.92. The first-order chi connectivity index (χ1) is 6.76. The van der Waals surface area contributed by atoms with E-state index in [0.717, 1.165) is 6.54 Å². The number of rotatable bonds is 4. The Bertz CT molecular complexity index is 356. The van der Waals surface area contributed by atoms with Gasteiger partial charge in [-0.05, 0) is 25.0 Å². The number of aromatic nitrogens is 2. The van der Waals surface area contributed by atoms with Gasteiger partial charge in [0.1, 0.15) is 0 Å². The molecule has 0 amide bonds. The molecule has 1 rings (SSSR count). The van der Waals surface area contributed by atoms with Crippen molar-refractivity contribution in [3.8, 4) is 0 Å². The number of allylic oxidation sites excluding steroid dienone is 5. The first kappa shape index (κ1) is 10.5. The summed E-state index contributed by atoms with van der Waals surface area (Å²) in [6.45, 7) is 8.53. The molecule has 2 heteroatoms. The molecule has 1 heterocycles. The molecule has 0 saturated heterocycles. The first-order valence-corrected chi connectivity index (χ1v) is 4.69. The van der Waals surface area contributed by atoms with Gasteiger partial charge in [-0.2, -0.15) is 5.10 Å². The summed E-state index contributed by atoms with van der Waals surface area (Å²) in [6, 6.07) is 0. The van der Waals surface area contributed by atoms with Crippen molar-refractivity contribution >= 4 is 0 Å². The zero-order chi connectivity index (χ0) is 10.4. The van der Waals surface area contributed by atoms with E-state index in [1.54, 1.807) is 6.08 Å². The minimum Gasteiger partial charge on any atom is -0.268 e. The summed E-state index contributed by atoms with van der Waals surface area (Å²) in [5.74, 6) is 0. The molecule has 0 fully saturated rings. The Balaban J connectivity index is 2.74. The maximum absolute atomic E-state index is 4.23. The van der Waals surface area contributed by atoms with E-state index in [4.69, 9.17) is 0 Å². The Morgan fingerprint density at radius 2 is 2.43 bits per heavy atom. The van der Waals surface area contributed by atoms with Gasteiger partial charge in [0, 0.05) is 6.20 Å². The molecule has 14 heavy (non-hydrogen) atoms. The molecular weight excluding hydrogens is 172 g/mol. The van der Waals surface area contributed by atoms with Crippen LogP contribution in [0.2, 0.25) is 0 Å². The number of hydrogen-bond donors (Lipinski definition) is 0. The van der Waals surface area contributed by atoms with Crippen LogP contribution in [0.15, 0.2) is 48.8 Å². The van der Waals surface area contributed by atoms with E-state index in [0.29, 0.717) is 0 Å². The van der Waals surface area contributed by atoms with E-state index < -0.39 is 0 Å². The van der Waals surface area contributed by atoms with Crippen molar-refractivity contribution in [3.63, 3.8) is 0 Å². The molecular formula is C12H16N2. The Labute approximate surface area is 85.3 Å². The molecule has 1 aromatic heterocycles. The van der Waals surface area contributed by atoms with Gasteiger partial charge in [0.15, 0.2) is 0 Å². The second-order valence-corrected chi connectivity index (χ2v) is 3.19. The summed E-state index contributed by atoms with van der Waals surface area (Å²) in [5, 5.41) is 4.23. The average Bonchev–Trinajstić information content (AvgIpc) is 2.52. The Morgan fingerprint density at radius 1 is 1.64 bits per heavy atom.